The molecule has 4 nitrogen and oxygen atoms in total. The van der Waals surface area contributed by atoms with Gasteiger partial charge in [-0.15, -0.1) is 0 Å². The highest BCUT2D eigenvalue weighted by Crippen LogP contribution is 2.17. The molecule has 0 atom stereocenters. The van der Waals surface area contributed by atoms with E-state index in [9.17, 15) is 0 Å². The molecule has 0 N–H and O–H groups in total. The summed E-state index contributed by atoms with van der Waals surface area (Å²) in [5.41, 5.74) is 1.12. The molecule has 0 aliphatic rings. The van der Waals surface area contributed by atoms with Crippen LogP contribution in [0.5, 0.6) is 0 Å². The van der Waals surface area contributed by atoms with Crippen LogP contribution in [-0.2, 0) is 6.54 Å². The topological polar surface area (TPSA) is 41.9 Å². The fourth-order valence-corrected chi connectivity index (χ4v) is 2.27. The van der Waals surface area contributed by atoms with Gasteiger partial charge in [0.25, 0.3) is 0 Å². The van der Waals surface area contributed by atoms with Gasteiger partial charge in [0.15, 0.2) is 0 Å². The Balaban J connectivity index is 2.19. The predicted octanol–water partition coefficient (Wildman–Crippen LogP) is 3.58. The van der Waals surface area contributed by atoms with Crippen molar-refractivity contribution in [2.45, 2.75) is 6.54 Å². The third-order valence-electron chi connectivity index (χ3n) is 2.22. The first-order chi connectivity index (χ1) is 8.54. The zero-order valence-corrected chi connectivity index (χ0v) is 12.5. The van der Waals surface area contributed by atoms with Crippen LogP contribution >= 0.6 is 39.1 Å². The first-order valence-electron chi connectivity index (χ1n) is 5.07. The summed E-state index contributed by atoms with van der Waals surface area (Å²) in [6, 6.07) is 7.99. The quantitative estimate of drug-likeness (QED) is 0.851. The summed E-state index contributed by atoms with van der Waals surface area (Å²) in [6.07, 6.45) is 0. The summed E-state index contributed by atoms with van der Waals surface area (Å²) >= 11 is 14.9. The minimum absolute atomic E-state index is 0.0890. The molecule has 18 heavy (non-hydrogen) atoms. The van der Waals surface area contributed by atoms with Gasteiger partial charge in [0.1, 0.15) is 0 Å². The van der Waals surface area contributed by atoms with E-state index in [2.05, 4.69) is 30.9 Å². The summed E-state index contributed by atoms with van der Waals surface area (Å²) in [4.78, 5) is 13.6. The van der Waals surface area contributed by atoms with Crippen molar-refractivity contribution in [3.8, 4) is 0 Å². The van der Waals surface area contributed by atoms with Crippen LogP contribution in [0.4, 0.5) is 5.95 Å². The minimum atomic E-state index is 0.0890. The Kier molecular flexibility index (Phi) is 4.37. The van der Waals surface area contributed by atoms with Gasteiger partial charge in [-0.2, -0.15) is 15.0 Å². The number of anilines is 1. The van der Waals surface area contributed by atoms with E-state index in [1.165, 1.54) is 0 Å². The monoisotopic (exact) mass is 346 g/mol. The molecule has 0 unspecified atom stereocenters. The maximum Gasteiger partial charge on any atom is 0.231 e. The third kappa shape index (κ3) is 3.54. The number of aromatic nitrogens is 3. The first kappa shape index (κ1) is 13.5. The molecule has 2 aromatic rings. The lowest BCUT2D eigenvalue weighted by atomic mass is 10.2. The van der Waals surface area contributed by atoms with Gasteiger partial charge in [0, 0.05) is 18.1 Å². The molecule has 0 aliphatic carbocycles. The summed E-state index contributed by atoms with van der Waals surface area (Å²) in [7, 11) is 1.86. The van der Waals surface area contributed by atoms with Crippen LogP contribution in [-0.4, -0.2) is 22.0 Å². The van der Waals surface area contributed by atoms with Gasteiger partial charge < -0.3 is 4.90 Å². The summed E-state index contributed by atoms with van der Waals surface area (Å²) in [6.45, 7) is 0.649. The maximum absolute atomic E-state index is 5.74. The Hall–Kier alpha value is -0.910. The maximum atomic E-state index is 5.74. The Labute approximate surface area is 123 Å². The zero-order chi connectivity index (χ0) is 13.1. The normalized spacial score (nSPS) is 10.4. The molecule has 0 saturated heterocycles. The molecular formula is C11H9BrCl2N4. The Morgan fingerprint density at radius 3 is 2.44 bits per heavy atom. The van der Waals surface area contributed by atoms with Crippen molar-refractivity contribution >= 4 is 45.1 Å². The average Bonchev–Trinajstić information content (AvgIpc) is 2.27. The molecule has 2 rings (SSSR count). The molecule has 0 radical (unpaired) electrons. The van der Waals surface area contributed by atoms with E-state index in [-0.39, 0.29) is 10.6 Å². The second kappa shape index (κ2) is 5.82. The van der Waals surface area contributed by atoms with E-state index in [1.54, 1.807) is 0 Å². The van der Waals surface area contributed by atoms with Crippen molar-refractivity contribution in [3.05, 3.63) is 44.9 Å². The molecular weight excluding hydrogens is 339 g/mol. The summed E-state index contributed by atoms with van der Waals surface area (Å²) in [5, 5.41) is 0.178. The van der Waals surface area contributed by atoms with Gasteiger partial charge in [-0.05, 0) is 40.9 Å². The van der Waals surface area contributed by atoms with Crippen molar-refractivity contribution in [2.24, 2.45) is 0 Å². The molecule has 0 fully saturated rings. The zero-order valence-electron chi connectivity index (χ0n) is 9.44. The van der Waals surface area contributed by atoms with Crippen molar-refractivity contribution in [3.63, 3.8) is 0 Å². The van der Waals surface area contributed by atoms with Crippen molar-refractivity contribution in [2.75, 3.05) is 11.9 Å². The molecule has 94 valence electrons. The number of rotatable bonds is 3. The van der Waals surface area contributed by atoms with E-state index in [0.717, 1.165) is 10.0 Å². The van der Waals surface area contributed by atoms with Crippen LogP contribution in [0.1, 0.15) is 5.56 Å². The first-order valence-corrected chi connectivity index (χ1v) is 6.62. The average molecular weight is 348 g/mol. The van der Waals surface area contributed by atoms with Gasteiger partial charge in [-0.1, -0.05) is 28.1 Å². The van der Waals surface area contributed by atoms with E-state index in [1.807, 2.05) is 36.2 Å². The van der Waals surface area contributed by atoms with E-state index >= 15 is 0 Å². The highest BCUT2D eigenvalue weighted by molar-refractivity contribution is 9.10. The van der Waals surface area contributed by atoms with E-state index in [4.69, 9.17) is 23.2 Å². The molecule has 0 spiro atoms. The van der Waals surface area contributed by atoms with Crippen LogP contribution in [0.2, 0.25) is 10.6 Å². The fraction of sp³-hybridized carbons (Fsp3) is 0.182. The molecule has 1 aromatic carbocycles. The van der Waals surface area contributed by atoms with Gasteiger partial charge in [0.05, 0.1) is 0 Å². The molecule has 0 saturated carbocycles. The second-order valence-corrected chi connectivity index (χ2v) is 5.25. The molecule has 1 aromatic heterocycles. The fourth-order valence-electron chi connectivity index (χ4n) is 1.47. The number of benzene rings is 1. The lowest BCUT2D eigenvalue weighted by Crippen LogP contribution is -2.19. The highest BCUT2D eigenvalue weighted by Gasteiger charge is 2.09. The molecule has 0 aliphatic heterocycles. The smallest absolute Gasteiger partial charge is 0.231 e. The largest absolute Gasteiger partial charge is 0.339 e. The highest BCUT2D eigenvalue weighted by atomic mass is 79.9. The Morgan fingerprint density at radius 2 is 1.83 bits per heavy atom. The molecule has 7 heteroatoms. The number of hydrogen-bond acceptors (Lipinski definition) is 4. The van der Waals surface area contributed by atoms with Crippen LogP contribution < -0.4 is 4.90 Å². The standard InChI is InChI=1S/C11H9BrCl2N4/c1-18(6-7-3-2-4-8(12)5-7)11-16-9(13)15-10(14)17-11/h2-5H,6H2,1H3. The van der Waals surface area contributed by atoms with Gasteiger partial charge in [-0.25, -0.2) is 0 Å². The minimum Gasteiger partial charge on any atom is -0.339 e. The van der Waals surface area contributed by atoms with Gasteiger partial charge in [-0.3, -0.25) is 0 Å². The van der Waals surface area contributed by atoms with Crippen molar-refractivity contribution in [1.29, 1.82) is 0 Å². The Morgan fingerprint density at radius 1 is 1.17 bits per heavy atom. The summed E-state index contributed by atoms with van der Waals surface area (Å²) < 4.78 is 1.03. The van der Waals surface area contributed by atoms with Crippen molar-refractivity contribution in [1.82, 2.24) is 15.0 Å². The molecule has 1 heterocycles. The number of nitrogens with zero attached hydrogens (tertiary/aromatic N) is 4. The lowest BCUT2D eigenvalue weighted by Gasteiger charge is -2.17. The Bertz CT molecular complexity index is 544. The molecule has 0 amide bonds. The van der Waals surface area contributed by atoms with Crippen LogP contribution in [0.25, 0.3) is 0 Å². The lowest BCUT2D eigenvalue weighted by molar-refractivity contribution is 0.852. The van der Waals surface area contributed by atoms with Crippen LogP contribution in [0, 0.1) is 0 Å². The summed E-state index contributed by atoms with van der Waals surface area (Å²) in [5.74, 6) is 0.444. The van der Waals surface area contributed by atoms with Gasteiger partial charge in [0.2, 0.25) is 16.5 Å². The SMILES string of the molecule is CN(Cc1cccc(Br)c1)c1nc(Cl)nc(Cl)n1. The predicted molar refractivity (Wildman–Crippen MR) is 76.1 cm³/mol. The van der Waals surface area contributed by atoms with E-state index in [0.29, 0.717) is 12.5 Å². The van der Waals surface area contributed by atoms with Crippen molar-refractivity contribution < 1.29 is 0 Å². The third-order valence-corrected chi connectivity index (χ3v) is 3.05. The van der Waals surface area contributed by atoms with E-state index < -0.39 is 0 Å². The molecule has 0 bridgehead atoms. The van der Waals surface area contributed by atoms with Crippen LogP contribution in [0.3, 0.4) is 0 Å². The van der Waals surface area contributed by atoms with Crippen LogP contribution in [0.15, 0.2) is 28.7 Å². The second-order valence-electron chi connectivity index (χ2n) is 3.66. The number of halogens is 3. The number of hydrogen-bond donors (Lipinski definition) is 0. The van der Waals surface area contributed by atoms with Gasteiger partial charge >= 0.3 is 0 Å².